The maximum absolute atomic E-state index is 13.3. The Morgan fingerprint density at radius 1 is 1.15 bits per heavy atom. The normalized spacial score (nSPS) is 32.2. The van der Waals surface area contributed by atoms with Crippen molar-refractivity contribution in [2.24, 2.45) is 21.6 Å². The molecule has 4 rings (SSSR count). The van der Waals surface area contributed by atoms with Gasteiger partial charge in [-0.05, 0) is 6.92 Å². The fourth-order valence-corrected chi connectivity index (χ4v) is 3.38. The molecule has 3 aliphatic rings. The largest absolute Gasteiger partial charge is 0.340 e. The fraction of sp³-hybridized carbons (Fsp3) is 0.667. The van der Waals surface area contributed by atoms with Gasteiger partial charge in [0.1, 0.15) is 11.5 Å². The molecule has 1 aliphatic heterocycles. The zero-order valence-corrected chi connectivity index (χ0v) is 14.0. The lowest BCUT2D eigenvalue weighted by Gasteiger charge is -2.46. The van der Waals surface area contributed by atoms with Crippen LogP contribution in [0.2, 0.25) is 0 Å². The summed E-state index contributed by atoms with van der Waals surface area (Å²) in [6.45, 7) is 1.75. The summed E-state index contributed by atoms with van der Waals surface area (Å²) in [5.74, 6) is -6.50. The van der Waals surface area contributed by atoms with Crippen molar-refractivity contribution in [3.63, 3.8) is 0 Å². The Kier molecular flexibility index (Phi) is 3.59. The van der Waals surface area contributed by atoms with Gasteiger partial charge in [0.25, 0.3) is 5.92 Å². The molecule has 142 valence electrons. The van der Waals surface area contributed by atoms with Crippen LogP contribution in [0.15, 0.2) is 16.2 Å². The number of aliphatic imine (C=N–C) groups is 2. The predicted molar refractivity (Wildman–Crippen MR) is 86.1 cm³/mol. The Morgan fingerprint density at radius 2 is 1.81 bits per heavy atom. The lowest BCUT2D eigenvalue weighted by atomic mass is 9.76. The molecule has 1 unspecified atom stereocenters. The lowest BCUT2D eigenvalue weighted by molar-refractivity contribution is -0.132. The zero-order chi connectivity index (χ0) is 18.7. The number of alkyl halides is 4. The van der Waals surface area contributed by atoms with Crippen LogP contribution in [0.4, 0.5) is 17.6 Å². The number of aromatic nitrogens is 2. The predicted octanol–water partition coefficient (Wildman–Crippen LogP) is 1.47. The number of rotatable bonds is 3. The second-order valence-electron chi connectivity index (χ2n) is 7.27. The topological polar surface area (TPSA) is 103 Å². The summed E-state index contributed by atoms with van der Waals surface area (Å²) in [6, 6.07) is -0.560. The van der Waals surface area contributed by atoms with Crippen LogP contribution in [0.5, 0.6) is 0 Å². The summed E-state index contributed by atoms with van der Waals surface area (Å²) in [4.78, 5) is 15.6. The number of nitrogens with zero attached hydrogens (tertiary/aromatic N) is 3. The van der Waals surface area contributed by atoms with Crippen LogP contribution in [0.1, 0.15) is 37.2 Å². The van der Waals surface area contributed by atoms with Gasteiger partial charge in [-0.25, -0.2) is 32.5 Å². The van der Waals surface area contributed by atoms with Crippen LogP contribution in [0, 0.1) is 12.8 Å². The molecular formula is C15H19F4N7. The minimum Gasteiger partial charge on any atom is -0.340 e. The third kappa shape index (κ3) is 3.15. The average molecular weight is 373 g/mol. The van der Waals surface area contributed by atoms with E-state index in [2.05, 4.69) is 30.6 Å². The molecule has 1 aromatic rings. The highest BCUT2D eigenvalue weighted by Crippen LogP contribution is 2.47. The van der Waals surface area contributed by atoms with Crippen LogP contribution in [0.25, 0.3) is 0 Å². The molecule has 2 fully saturated rings. The first-order valence-electron chi connectivity index (χ1n) is 8.33. The summed E-state index contributed by atoms with van der Waals surface area (Å²) >= 11 is 0. The number of nitrogens with one attached hydrogen (secondary N) is 3. The van der Waals surface area contributed by atoms with E-state index in [0.29, 0.717) is 11.5 Å². The molecule has 7 nitrogen and oxygen atoms in total. The third-order valence-corrected chi connectivity index (χ3v) is 4.90. The Bertz CT molecular complexity index is 771. The van der Waals surface area contributed by atoms with Gasteiger partial charge in [-0.1, -0.05) is 0 Å². The number of hydrogen-bond acceptors (Lipinski definition) is 4. The number of imidazole rings is 1. The molecule has 0 radical (unpaired) electrons. The van der Waals surface area contributed by atoms with Crippen molar-refractivity contribution >= 4 is 11.8 Å². The van der Waals surface area contributed by atoms with Gasteiger partial charge in [-0.3, -0.25) is 5.73 Å². The third-order valence-electron chi connectivity index (χ3n) is 4.90. The van der Waals surface area contributed by atoms with Crippen molar-refractivity contribution in [1.29, 1.82) is 0 Å². The molecular weight excluding hydrogens is 354 g/mol. The zero-order valence-electron chi connectivity index (χ0n) is 14.0. The Hall–Kier alpha value is -2.17. The average Bonchev–Trinajstić information content (AvgIpc) is 2.89. The molecule has 0 spiro atoms. The smallest absolute Gasteiger partial charge is 0.252 e. The molecule has 26 heavy (non-hydrogen) atoms. The maximum Gasteiger partial charge on any atom is 0.252 e. The van der Waals surface area contributed by atoms with E-state index < -0.39 is 42.4 Å². The highest BCUT2D eigenvalue weighted by molar-refractivity contribution is 6.09. The molecule has 5 N–H and O–H groups in total. The van der Waals surface area contributed by atoms with Crippen molar-refractivity contribution in [1.82, 2.24) is 20.6 Å². The first kappa shape index (κ1) is 17.3. The molecule has 0 bridgehead atoms. The number of H-pyrrole nitrogens is 1. The molecule has 2 aliphatic carbocycles. The van der Waals surface area contributed by atoms with E-state index in [4.69, 9.17) is 5.73 Å². The summed E-state index contributed by atoms with van der Waals surface area (Å²) in [7, 11) is 0. The Morgan fingerprint density at radius 3 is 2.35 bits per heavy atom. The highest BCUT2D eigenvalue weighted by Gasteiger charge is 2.55. The molecule has 0 aromatic carbocycles. The van der Waals surface area contributed by atoms with Gasteiger partial charge in [-0.15, -0.1) is 0 Å². The lowest BCUT2D eigenvalue weighted by Crippen LogP contribution is -2.70. The van der Waals surface area contributed by atoms with Gasteiger partial charge in [0.05, 0.1) is 12.2 Å². The summed E-state index contributed by atoms with van der Waals surface area (Å²) in [5, 5.41) is 5.71. The summed E-state index contributed by atoms with van der Waals surface area (Å²) < 4.78 is 52.8. The number of hydrogen-bond donors (Lipinski definition) is 4. The number of guanidine groups is 1. The minimum absolute atomic E-state index is 0.153. The Balaban J connectivity index is 1.61. The SMILES string of the molecule is Cc1ncc(C2=NC(N)(C3CC(F)(F)C3)NC(=NC3CC(F)(F)C3)N2)[nH]1. The van der Waals surface area contributed by atoms with E-state index >= 15 is 0 Å². The van der Waals surface area contributed by atoms with E-state index in [0.717, 1.165) is 0 Å². The van der Waals surface area contributed by atoms with Gasteiger partial charge < -0.3 is 15.6 Å². The quantitative estimate of drug-likeness (QED) is 0.603. The van der Waals surface area contributed by atoms with Gasteiger partial charge >= 0.3 is 0 Å². The van der Waals surface area contributed by atoms with Crippen molar-refractivity contribution in [2.75, 3.05) is 0 Å². The van der Waals surface area contributed by atoms with Crippen LogP contribution in [0.3, 0.4) is 0 Å². The van der Waals surface area contributed by atoms with E-state index in [-0.39, 0.29) is 24.6 Å². The van der Waals surface area contributed by atoms with Gasteiger partial charge in [0.15, 0.2) is 17.6 Å². The first-order valence-corrected chi connectivity index (χ1v) is 8.33. The molecule has 2 saturated carbocycles. The molecule has 2 heterocycles. The second-order valence-corrected chi connectivity index (χ2v) is 7.27. The van der Waals surface area contributed by atoms with Crippen LogP contribution in [-0.4, -0.2) is 45.4 Å². The van der Waals surface area contributed by atoms with E-state index in [1.807, 2.05) is 0 Å². The maximum atomic E-state index is 13.3. The van der Waals surface area contributed by atoms with Crippen molar-refractivity contribution in [3.05, 3.63) is 17.7 Å². The van der Waals surface area contributed by atoms with Crippen LogP contribution in [-0.2, 0) is 0 Å². The van der Waals surface area contributed by atoms with Crippen molar-refractivity contribution in [3.8, 4) is 0 Å². The van der Waals surface area contributed by atoms with Crippen LogP contribution < -0.4 is 16.4 Å². The molecule has 0 amide bonds. The summed E-state index contributed by atoms with van der Waals surface area (Å²) in [5.41, 5.74) is 6.77. The van der Waals surface area contributed by atoms with Crippen molar-refractivity contribution in [2.45, 2.75) is 56.3 Å². The number of amidine groups is 1. The Labute approximate surface area is 146 Å². The number of aryl methyl sites for hydroxylation is 1. The van der Waals surface area contributed by atoms with E-state index in [1.54, 1.807) is 6.92 Å². The van der Waals surface area contributed by atoms with Gasteiger partial charge in [0, 0.05) is 31.6 Å². The van der Waals surface area contributed by atoms with Crippen molar-refractivity contribution < 1.29 is 17.6 Å². The van der Waals surface area contributed by atoms with E-state index in [9.17, 15) is 17.6 Å². The fourth-order valence-electron chi connectivity index (χ4n) is 3.38. The number of halogens is 4. The van der Waals surface area contributed by atoms with Gasteiger partial charge in [-0.2, -0.15) is 0 Å². The molecule has 0 saturated heterocycles. The number of nitrogens with two attached hydrogens (primary N) is 1. The molecule has 1 aromatic heterocycles. The second kappa shape index (κ2) is 5.41. The molecule has 1 atom stereocenters. The van der Waals surface area contributed by atoms with Gasteiger partial charge in [0.2, 0.25) is 5.92 Å². The highest BCUT2D eigenvalue weighted by atomic mass is 19.3. The van der Waals surface area contributed by atoms with E-state index in [1.165, 1.54) is 6.20 Å². The summed E-state index contributed by atoms with van der Waals surface area (Å²) in [6.07, 6.45) is 0.0225. The standard InChI is InChI=1S/C15H19F4N7/c1-7-21-6-10(22-7)11-24-12(23-9-4-14(18,19)5-9)26-15(20,25-11)8-2-13(16,17)3-8/h6,8-9H,2-5,20H2,1H3,(H,21,22)(H2,23,24,25,26). The first-order chi connectivity index (χ1) is 12.0. The van der Waals surface area contributed by atoms with Crippen LogP contribution >= 0.6 is 0 Å². The monoisotopic (exact) mass is 373 g/mol. The molecule has 11 heteroatoms. The number of aromatic amines is 1. The minimum atomic E-state index is -2.77.